The van der Waals surface area contributed by atoms with Crippen molar-refractivity contribution in [3.8, 4) is 10.9 Å². The third kappa shape index (κ3) is 3.32. The van der Waals surface area contributed by atoms with E-state index in [4.69, 9.17) is 4.74 Å². The molecule has 0 aliphatic rings. The van der Waals surface area contributed by atoms with Crippen LogP contribution in [0.2, 0.25) is 0 Å². The van der Waals surface area contributed by atoms with Gasteiger partial charge in [0.1, 0.15) is 5.75 Å². The van der Waals surface area contributed by atoms with Crippen molar-refractivity contribution in [1.82, 2.24) is 4.98 Å². The molecule has 4 nitrogen and oxygen atoms in total. The van der Waals surface area contributed by atoms with Gasteiger partial charge in [-0.2, -0.15) is 0 Å². The van der Waals surface area contributed by atoms with Gasteiger partial charge in [-0.25, -0.2) is 4.98 Å². The number of nitrogens with one attached hydrogen (secondary N) is 1. The summed E-state index contributed by atoms with van der Waals surface area (Å²) in [4.78, 5) is 16.3. The van der Waals surface area contributed by atoms with Crippen LogP contribution < -0.4 is 10.1 Å². The summed E-state index contributed by atoms with van der Waals surface area (Å²) >= 11 is 1.42. The standard InChI is InChI=1S/C17H14N2O2S/c1-12-4-2-3-5-15(12)19-16(20)13-6-8-14(9-7-13)21-17-18-10-11-22-17/h2-11H,1H3,(H,19,20). The van der Waals surface area contributed by atoms with Crippen LogP contribution in [0, 0.1) is 6.92 Å². The maximum Gasteiger partial charge on any atom is 0.278 e. The smallest absolute Gasteiger partial charge is 0.278 e. The number of para-hydroxylation sites is 1. The van der Waals surface area contributed by atoms with Gasteiger partial charge in [-0.05, 0) is 42.8 Å². The van der Waals surface area contributed by atoms with Crippen molar-refractivity contribution in [2.24, 2.45) is 0 Å². The number of ether oxygens (including phenoxy) is 1. The molecule has 0 atom stereocenters. The second-order valence-electron chi connectivity index (χ2n) is 4.69. The number of anilines is 1. The number of thiazole rings is 1. The molecule has 0 aliphatic heterocycles. The van der Waals surface area contributed by atoms with Crippen molar-refractivity contribution in [3.05, 3.63) is 71.2 Å². The first-order valence-corrected chi connectivity index (χ1v) is 7.65. The van der Waals surface area contributed by atoms with Crippen LogP contribution in [-0.2, 0) is 0 Å². The Hall–Kier alpha value is -2.66. The predicted octanol–water partition coefficient (Wildman–Crippen LogP) is 4.50. The molecule has 0 radical (unpaired) electrons. The van der Waals surface area contributed by atoms with Crippen LogP contribution in [-0.4, -0.2) is 10.9 Å². The van der Waals surface area contributed by atoms with Crippen LogP contribution >= 0.6 is 11.3 Å². The van der Waals surface area contributed by atoms with Crippen LogP contribution in [0.4, 0.5) is 5.69 Å². The summed E-state index contributed by atoms with van der Waals surface area (Å²) in [6.45, 7) is 1.96. The van der Waals surface area contributed by atoms with Gasteiger partial charge in [0.2, 0.25) is 0 Å². The Morgan fingerprint density at radius 2 is 1.91 bits per heavy atom. The molecule has 1 heterocycles. The lowest BCUT2D eigenvalue weighted by Crippen LogP contribution is -2.12. The molecule has 1 N–H and O–H groups in total. The molecule has 0 saturated carbocycles. The van der Waals surface area contributed by atoms with Gasteiger partial charge >= 0.3 is 0 Å². The highest BCUT2D eigenvalue weighted by Crippen LogP contribution is 2.23. The van der Waals surface area contributed by atoms with E-state index in [1.165, 1.54) is 11.3 Å². The molecule has 0 fully saturated rings. The number of carbonyl (C=O) groups excluding carboxylic acids is 1. The van der Waals surface area contributed by atoms with Gasteiger partial charge < -0.3 is 10.1 Å². The fourth-order valence-electron chi connectivity index (χ4n) is 1.94. The van der Waals surface area contributed by atoms with E-state index in [0.29, 0.717) is 16.5 Å². The van der Waals surface area contributed by atoms with Crippen LogP contribution in [0.3, 0.4) is 0 Å². The average molecular weight is 310 g/mol. The number of amides is 1. The fourth-order valence-corrected chi connectivity index (χ4v) is 2.45. The maximum absolute atomic E-state index is 12.2. The molecule has 3 aromatic rings. The molecular weight excluding hydrogens is 296 g/mol. The average Bonchev–Trinajstić information content (AvgIpc) is 3.03. The van der Waals surface area contributed by atoms with Gasteiger partial charge in [0.15, 0.2) is 0 Å². The highest BCUT2D eigenvalue weighted by atomic mass is 32.1. The normalized spacial score (nSPS) is 10.2. The topological polar surface area (TPSA) is 51.2 Å². The van der Waals surface area contributed by atoms with Crippen LogP contribution in [0.15, 0.2) is 60.1 Å². The Balaban J connectivity index is 1.70. The number of aryl methyl sites for hydroxylation is 1. The fraction of sp³-hybridized carbons (Fsp3) is 0.0588. The minimum atomic E-state index is -0.143. The zero-order valence-corrected chi connectivity index (χ0v) is 12.8. The minimum Gasteiger partial charge on any atom is -0.431 e. The molecule has 110 valence electrons. The largest absolute Gasteiger partial charge is 0.431 e. The zero-order chi connectivity index (χ0) is 15.4. The summed E-state index contributed by atoms with van der Waals surface area (Å²) < 4.78 is 5.57. The number of benzene rings is 2. The van der Waals surface area contributed by atoms with Gasteiger partial charge in [0, 0.05) is 22.8 Å². The van der Waals surface area contributed by atoms with E-state index < -0.39 is 0 Å². The first-order valence-electron chi connectivity index (χ1n) is 6.77. The SMILES string of the molecule is Cc1ccccc1NC(=O)c1ccc(Oc2nccs2)cc1. The molecule has 5 heteroatoms. The molecule has 1 amide bonds. The Morgan fingerprint density at radius 1 is 1.14 bits per heavy atom. The minimum absolute atomic E-state index is 0.143. The molecular formula is C17H14N2O2S. The third-order valence-corrected chi connectivity index (χ3v) is 3.77. The van der Waals surface area contributed by atoms with E-state index in [-0.39, 0.29) is 5.91 Å². The van der Waals surface area contributed by atoms with Crippen LogP contribution in [0.5, 0.6) is 10.9 Å². The van der Waals surface area contributed by atoms with E-state index in [2.05, 4.69) is 10.3 Å². The summed E-state index contributed by atoms with van der Waals surface area (Å²) in [6.07, 6.45) is 1.68. The molecule has 3 rings (SSSR count). The molecule has 0 aliphatic carbocycles. The first kappa shape index (κ1) is 14.3. The van der Waals surface area contributed by atoms with E-state index in [1.54, 1.807) is 30.5 Å². The van der Waals surface area contributed by atoms with Gasteiger partial charge in [0.05, 0.1) is 0 Å². The van der Waals surface area contributed by atoms with E-state index in [9.17, 15) is 4.79 Å². The van der Waals surface area contributed by atoms with Crippen molar-refractivity contribution in [2.75, 3.05) is 5.32 Å². The van der Waals surface area contributed by atoms with Crippen LogP contribution in [0.25, 0.3) is 0 Å². The van der Waals surface area contributed by atoms with Crippen molar-refractivity contribution in [2.45, 2.75) is 6.92 Å². The summed E-state index contributed by atoms with van der Waals surface area (Å²) in [5.41, 5.74) is 2.42. The number of carbonyl (C=O) groups is 1. The Labute approximate surface area is 132 Å². The predicted molar refractivity (Wildman–Crippen MR) is 87.8 cm³/mol. The molecule has 0 bridgehead atoms. The van der Waals surface area contributed by atoms with Gasteiger partial charge in [-0.3, -0.25) is 4.79 Å². The van der Waals surface area contributed by atoms with Gasteiger partial charge in [-0.15, -0.1) is 0 Å². The number of rotatable bonds is 4. The quantitative estimate of drug-likeness (QED) is 0.772. The van der Waals surface area contributed by atoms with Crippen molar-refractivity contribution in [1.29, 1.82) is 0 Å². The molecule has 22 heavy (non-hydrogen) atoms. The zero-order valence-electron chi connectivity index (χ0n) is 11.9. The van der Waals surface area contributed by atoms with Crippen LogP contribution in [0.1, 0.15) is 15.9 Å². The Bertz CT molecular complexity index is 768. The second-order valence-corrected chi connectivity index (χ2v) is 5.55. The van der Waals surface area contributed by atoms with Crippen molar-refractivity contribution in [3.63, 3.8) is 0 Å². The lowest BCUT2D eigenvalue weighted by atomic mass is 10.1. The molecule has 1 aromatic heterocycles. The lowest BCUT2D eigenvalue weighted by Gasteiger charge is -2.08. The first-order chi connectivity index (χ1) is 10.7. The summed E-state index contributed by atoms with van der Waals surface area (Å²) in [7, 11) is 0. The number of nitrogens with zero attached hydrogens (tertiary/aromatic N) is 1. The molecule has 2 aromatic carbocycles. The number of hydrogen-bond donors (Lipinski definition) is 1. The molecule has 0 unspecified atom stereocenters. The number of hydrogen-bond acceptors (Lipinski definition) is 4. The van der Waals surface area contributed by atoms with E-state index in [0.717, 1.165) is 11.3 Å². The summed E-state index contributed by atoms with van der Waals surface area (Å²) in [5, 5.41) is 5.33. The van der Waals surface area contributed by atoms with Crippen molar-refractivity contribution < 1.29 is 9.53 Å². The maximum atomic E-state index is 12.2. The lowest BCUT2D eigenvalue weighted by molar-refractivity contribution is 0.102. The molecule has 0 saturated heterocycles. The second kappa shape index (κ2) is 6.41. The third-order valence-electron chi connectivity index (χ3n) is 3.12. The van der Waals surface area contributed by atoms with Gasteiger partial charge in [-0.1, -0.05) is 29.5 Å². The molecule has 0 spiro atoms. The highest BCUT2D eigenvalue weighted by Gasteiger charge is 2.08. The Morgan fingerprint density at radius 3 is 2.59 bits per heavy atom. The summed E-state index contributed by atoms with van der Waals surface area (Å²) in [5.74, 6) is 0.512. The van der Waals surface area contributed by atoms with E-state index >= 15 is 0 Å². The Kier molecular flexibility index (Phi) is 4.16. The highest BCUT2D eigenvalue weighted by molar-refractivity contribution is 7.11. The number of aromatic nitrogens is 1. The van der Waals surface area contributed by atoms with Gasteiger partial charge in [0.25, 0.3) is 11.1 Å². The monoisotopic (exact) mass is 310 g/mol. The summed E-state index contributed by atoms with van der Waals surface area (Å²) in [6, 6.07) is 14.7. The van der Waals surface area contributed by atoms with E-state index in [1.807, 2.05) is 36.6 Å². The van der Waals surface area contributed by atoms with Crippen molar-refractivity contribution >= 4 is 22.9 Å².